The molecule has 1 aromatic carbocycles. The van der Waals surface area contributed by atoms with Crippen LogP contribution >= 0.6 is 0 Å². The first kappa shape index (κ1) is 20.2. The second-order valence-corrected chi connectivity index (χ2v) is 7.68. The van der Waals surface area contributed by atoms with Gasteiger partial charge in [0.2, 0.25) is 0 Å². The van der Waals surface area contributed by atoms with E-state index in [9.17, 15) is 9.59 Å². The molecule has 2 rings (SSSR count). The van der Waals surface area contributed by atoms with Crippen LogP contribution in [-0.4, -0.2) is 53.6 Å². The van der Waals surface area contributed by atoms with E-state index in [0.29, 0.717) is 6.54 Å². The van der Waals surface area contributed by atoms with Gasteiger partial charge in [0.05, 0.1) is 6.42 Å². The summed E-state index contributed by atoms with van der Waals surface area (Å²) in [5.41, 5.74) is 2.33. The highest BCUT2D eigenvalue weighted by Crippen LogP contribution is 2.22. The van der Waals surface area contributed by atoms with Gasteiger partial charge in [0.25, 0.3) is 0 Å². The summed E-state index contributed by atoms with van der Waals surface area (Å²) >= 11 is 0. The normalized spacial score (nSPS) is 20.6. The number of likely N-dealkylation sites (tertiary alicyclic amines) is 1. The summed E-state index contributed by atoms with van der Waals surface area (Å²) in [6.45, 7) is 8.57. The molecule has 6 nitrogen and oxygen atoms in total. The Morgan fingerprint density at radius 2 is 1.73 bits per heavy atom. The van der Waals surface area contributed by atoms with Gasteiger partial charge >= 0.3 is 12.0 Å². The van der Waals surface area contributed by atoms with E-state index in [4.69, 9.17) is 5.11 Å². The fourth-order valence-corrected chi connectivity index (χ4v) is 3.62. The number of nitrogens with one attached hydrogen (secondary N) is 1. The predicted octanol–water partition coefficient (Wildman–Crippen LogP) is 2.78. The maximum absolute atomic E-state index is 11.9. The second-order valence-electron chi connectivity index (χ2n) is 7.68. The number of carbonyl (C=O) groups excluding carboxylic acids is 1. The predicted molar refractivity (Wildman–Crippen MR) is 102 cm³/mol. The lowest BCUT2D eigenvalue weighted by molar-refractivity contribution is -0.137. The number of carboxylic acids is 1. The molecule has 26 heavy (non-hydrogen) atoms. The zero-order valence-corrected chi connectivity index (χ0v) is 16.1. The van der Waals surface area contributed by atoms with Gasteiger partial charge in [-0.05, 0) is 29.4 Å². The molecule has 1 fully saturated rings. The number of carboxylic acid groups (broad SMARTS) is 1. The lowest BCUT2D eigenvalue weighted by Gasteiger charge is -2.35. The zero-order chi connectivity index (χ0) is 19.1. The van der Waals surface area contributed by atoms with Gasteiger partial charge in [-0.1, -0.05) is 38.1 Å². The number of hydrogen-bond donors (Lipinski definition) is 2. The van der Waals surface area contributed by atoms with Gasteiger partial charge in [-0.2, -0.15) is 0 Å². The molecule has 2 unspecified atom stereocenters. The van der Waals surface area contributed by atoms with Crippen LogP contribution in [0, 0.1) is 11.8 Å². The molecular formula is C20H31N3O3. The number of benzene rings is 1. The van der Waals surface area contributed by atoms with Gasteiger partial charge in [0, 0.05) is 39.8 Å². The largest absolute Gasteiger partial charge is 0.481 e. The Morgan fingerprint density at radius 3 is 2.31 bits per heavy atom. The van der Waals surface area contributed by atoms with Crippen molar-refractivity contribution in [2.75, 3.05) is 26.7 Å². The minimum Gasteiger partial charge on any atom is -0.481 e. The lowest BCUT2D eigenvalue weighted by Crippen LogP contribution is -2.38. The molecule has 1 aromatic rings. The van der Waals surface area contributed by atoms with Crippen LogP contribution in [0.2, 0.25) is 0 Å². The summed E-state index contributed by atoms with van der Waals surface area (Å²) in [6.07, 6.45) is 1.27. The number of urea groups is 1. The van der Waals surface area contributed by atoms with Gasteiger partial charge in [-0.15, -0.1) is 0 Å². The minimum atomic E-state index is -0.905. The Balaban J connectivity index is 1.78. The van der Waals surface area contributed by atoms with Crippen molar-refractivity contribution in [3.63, 3.8) is 0 Å². The first-order valence-corrected chi connectivity index (χ1v) is 9.34. The second kappa shape index (κ2) is 9.57. The molecule has 0 radical (unpaired) electrons. The first-order valence-electron chi connectivity index (χ1n) is 9.34. The number of piperidine rings is 1. The van der Waals surface area contributed by atoms with Gasteiger partial charge in [-0.3, -0.25) is 9.69 Å². The highest BCUT2D eigenvalue weighted by Gasteiger charge is 2.21. The smallest absolute Gasteiger partial charge is 0.317 e. The fraction of sp³-hybridized carbons (Fsp3) is 0.600. The van der Waals surface area contributed by atoms with E-state index < -0.39 is 5.97 Å². The summed E-state index contributed by atoms with van der Waals surface area (Å²) in [6, 6.07) is 8.08. The van der Waals surface area contributed by atoms with Crippen LogP contribution in [0.1, 0.15) is 37.8 Å². The third kappa shape index (κ3) is 6.67. The molecule has 2 amide bonds. The minimum absolute atomic E-state index is 0.0493. The monoisotopic (exact) mass is 361 g/mol. The van der Waals surface area contributed by atoms with Gasteiger partial charge < -0.3 is 15.3 Å². The van der Waals surface area contributed by atoms with Gasteiger partial charge in [0.1, 0.15) is 0 Å². The average molecular weight is 361 g/mol. The Labute approximate surface area is 156 Å². The molecule has 2 N–H and O–H groups in total. The van der Waals surface area contributed by atoms with Crippen LogP contribution in [0.3, 0.4) is 0 Å². The van der Waals surface area contributed by atoms with Crippen LogP contribution in [0.25, 0.3) is 0 Å². The van der Waals surface area contributed by atoms with E-state index in [0.717, 1.165) is 37.0 Å². The molecule has 6 heteroatoms. The SMILES string of the molecule is CC1CC(C)CN(Cc2ccc(CNC(=O)N(C)CCC(=O)O)cc2)C1. The third-order valence-corrected chi connectivity index (χ3v) is 4.83. The van der Waals surface area contributed by atoms with Crippen molar-refractivity contribution >= 4 is 12.0 Å². The highest BCUT2D eigenvalue weighted by molar-refractivity contribution is 5.75. The van der Waals surface area contributed by atoms with Crippen molar-refractivity contribution in [1.82, 2.24) is 15.1 Å². The van der Waals surface area contributed by atoms with E-state index in [1.54, 1.807) is 7.05 Å². The summed E-state index contributed by atoms with van der Waals surface area (Å²) < 4.78 is 0. The van der Waals surface area contributed by atoms with Gasteiger partial charge in [0.15, 0.2) is 0 Å². The third-order valence-electron chi connectivity index (χ3n) is 4.83. The van der Waals surface area contributed by atoms with Crippen molar-refractivity contribution in [2.45, 2.75) is 39.8 Å². The molecule has 1 aliphatic rings. The average Bonchev–Trinajstić information content (AvgIpc) is 2.57. The zero-order valence-electron chi connectivity index (χ0n) is 16.1. The van der Waals surface area contributed by atoms with Crippen molar-refractivity contribution in [1.29, 1.82) is 0 Å². The molecule has 1 saturated heterocycles. The van der Waals surface area contributed by atoms with Gasteiger partial charge in [-0.25, -0.2) is 4.79 Å². The fourth-order valence-electron chi connectivity index (χ4n) is 3.62. The van der Waals surface area contributed by atoms with Crippen molar-refractivity contribution in [3.05, 3.63) is 35.4 Å². The molecule has 0 spiro atoms. The molecule has 2 atom stereocenters. The van der Waals surface area contributed by atoms with E-state index in [1.165, 1.54) is 16.9 Å². The molecule has 0 aliphatic carbocycles. The Bertz CT molecular complexity index is 593. The molecule has 0 aromatic heterocycles. The first-order chi connectivity index (χ1) is 12.3. The number of aliphatic carboxylic acids is 1. The summed E-state index contributed by atoms with van der Waals surface area (Å²) in [5, 5.41) is 11.5. The molecule has 0 bridgehead atoms. The molecular weight excluding hydrogens is 330 g/mol. The van der Waals surface area contributed by atoms with Crippen LogP contribution in [0.5, 0.6) is 0 Å². The maximum atomic E-state index is 11.9. The van der Waals surface area contributed by atoms with Crippen LogP contribution < -0.4 is 5.32 Å². The number of nitrogens with zero attached hydrogens (tertiary/aromatic N) is 2. The van der Waals surface area contributed by atoms with Crippen LogP contribution in [0.4, 0.5) is 4.79 Å². The molecule has 0 saturated carbocycles. The number of hydrogen-bond acceptors (Lipinski definition) is 3. The van der Waals surface area contributed by atoms with Crippen molar-refractivity contribution in [2.24, 2.45) is 11.8 Å². The Morgan fingerprint density at radius 1 is 1.15 bits per heavy atom. The lowest BCUT2D eigenvalue weighted by atomic mass is 9.91. The molecule has 1 heterocycles. The Kier molecular flexibility index (Phi) is 7.45. The molecule has 144 valence electrons. The quantitative estimate of drug-likeness (QED) is 0.783. The van der Waals surface area contributed by atoms with E-state index in [-0.39, 0.29) is 19.0 Å². The maximum Gasteiger partial charge on any atom is 0.317 e. The van der Waals surface area contributed by atoms with E-state index in [2.05, 4.69) is 36.2 Å². The standard InChI is InChI=1S/C20H31N3O3/c1-15-10-16(2)13-23(12-15)14-18-6-4-17(5-7-18)11-21-20(26)22(3)9-8-19(24)25/h4-7,15-16H,8-14H2,1-3H3,(H,21,26)(H,24,25). The van der Waals surface area contributed by atoms with Crippen molar-refractivity contribution < 1.29 is 14.7 Å². The Hall–Kier alpha value is -2.08. The molecule has 1 aliphatic heterocycles. The van der Waals surface area contributed by atoms with E-state index in [1.807, 2.05) is 12.1 Å². The van der Waals surface area contributed by atoms with Crippen LogP contribution in [0.15, 0.2) is 24.3 Å². The highest BCUT2D eigenvalue weighted by atomic mass is 16.4. The van der Waals surface area contributed by atoms with Crippen molar-refractivity contribution in [3.8, 4) is 0 Å². The van der Waals surface area contributed by atoms with Crippen LogP contribution in [-0.2, 0) is 17.9 Å². The van der Waals surface area contributed by atoms with E-state index >= 15 is 0 Å². The summed E-state index contributed by atoms with van der Waals surface area (Å²) in [4.78, 5) is 26.4. The summed E-state index contributed by atoms with van der Waals surface area (Å²) in [5.74, 6) is 0.607. The topological polar surface area (TPSA) is 72.9 Å². The number of carbonyl (C=O) groups is 2. The summed E-state index contributed by atoms with van der Waals surface area (Å²) in [7, 11) is 1.60. The number of rotatable bonds is 7. The number of amides is 2.